The van der Waals surface area contributed by atoms with E-state index in [1.165, 1.54) is 34.4 Å². The van der Waals surface area contributed by atoms with Crippen molar-refractivity contribution in [1.82, 2.24) is 5.43 Å². The molecular weight excluding hydrogens is 365 g/mol. The molecule has 0 fully saturated rings. The van der Waals surface area contributed by atoms with Gasteiger partial charge < -0.3 is 5.32 Å². The number of carbonyl (C=O) groups is 1. The van der Waals surface area contributed by atoms with Crippen LogP contribution in [0.15, 0.2) is 53.6 Å². The normalized spacial score (nSPS) is 11.4. The largest absolute Gasteiger partial charge is 0.376 e. The first-order valence-electron chi connectivity index (χ1n) is 9.70. The van der Waals surface area contributed by atoms with Gasteiger partial charge in [-0.2, -0.15) is 5.10 Å². The molecule has 4 nitrogen and oxygen atoms in total. The molecule has 0 bridgehead atoms. The summed E-state index contributed by atoms with van der Waals surface area (Å²) in [7, 11) is 0. The third-order valence-electron chi connectivity index (χ3n) is 4.94. The van der Waals surface area contributed by atoms with Crippen molar-refractivity contribution in [1.29, 1.82) is 0 Å². The number of carbonyl (C=O) groups excluding carboxylic acids is 1. The minimum atomic E-state index is -0.314. The van der Waals surface area contributed by atoms with Crippen molar-refractivity contribution in [2.75, 3.05) is 11.9 Å². The zero-order valence-corrected chi connectivity index (χ0v) is 17.2. The molecule has 0 radical (unpaired) electrons. The summed E-state index contributed by atoms with van der Waals surface area (Å²) < 4.78 is 12.9. The summed E-state index contributed by atoms with van der Waals surface area (Å²) in [6.07, 6.45) is 1.69. The summed E-state index contributed by atoms with van der Waals surface area (Å²) in [6.45, 7) is 8.61. The standard InChI is InChI=1S/C24H26FN3O/c1-15(2)18-6-5-16(3)24-19(11-17(4)22(24)12-18)13-27-28-23(29)14-26-21-9-7-20(25)8-10-21/h5-13,15,26H,14H2,1-4H3,(H,28,29). The van der Waals surface area contributed by atoms with Gasteiger partial charge in [-0.25, -0.2) is 9.82 Å². The number of rotatable bonds is 6. The molecule has 1 aromatic carbocycles. The van der Waals surface area contributed by atoms with Gasteiger partial charge in [-0.1, -0.05) is 32.0 Å². The van der Waals surface area contributed by atoms with E-state index in [2.05, 4.69) is 67.8 Å². The predicted octanol–water partition coefficient (Wildman–Crippen LogP) is 5.23. The maximum Gasteiger partial charge on any atom is 0.259 e. The van der Waals surface area contributed by atoms with Crippen LogP contribution in [-0.4, -0.2) is 18.7 Å². The van der Waals surface area contributed by atoms with E-state index < -0.39 is 0 Å². The highest BCUT2D eigenvalue weighted by Gasteiger charge is 2.15. The Morgan fingerprint density at radius 1 is 1.07 bits per heavy atom. The number of amides is 1. The molecule has 1 amide bonds. The first-order chi connectivity index (χ1) is 13.8. The second-order valence-electron chi connectivity index (χ2n) is 7.54. The van der Waals surface area contributed by atoms with Crippen LogP contribution in [0.5, 0.6) is 0 Å². The summed E-state index contributed by atoms with van der Waals surface area (Å²) in [6, 6.07) is 14.5. The SMILES string of the molecule is Cc1cc(C=NNC(=O)CNc2ccc(F)cc2)c2c(C)ccc(C(C)C)cc1-2. The number of hydrazone groups is 1. The molecule has 2 aliphatic rings. The number of benzene rings is 1. The van der Waals surface area contributed by atoms with Gasteiger partial charge in [-0.3, -0.25) is 4.79 Å². The van der Waals surface area contributed by atoms with Crippen LogP contribution < -0.4 is 10.7 Å². The Morgan fingerprint density at radius 3 is 2.48 bits per heavy atom. The Kier molecular flexibility index (Phi) is 6.27. The van der Waals surface area contributed by atoms with Crippen molar-refractivity contribution in [2.45, 2.75) is 33.6 Å². The Labute approximate surface area is 171 Å². The number of hydrogen-bond acceptors (Lipinski definition) is 3. The average molecular weight is 391 g/mol. The summed E-state index contributed by atoms with van der Waals surface area (Å²) in [4.78, 5) is 12.0. The average Bonchev–Trinajstić information content (AvgIpc) is 2.87. The molecule has 2 aliphatic carbocycles. The van der Waals surface area contributed by atoms with E-state index in [4.69, 9.17) is 0 Å². The van der Waals surface area contributed by atoms with Crippen LogP contribution in [-0.2, 0) is 4.79 Å². The van der Waals surface area contributed by atoms with Crippen LogP contribution in [0.25, 0.3) is 11.1 Å². The maximum atomic E-state index is 12.9. The third kappa shape index (κ3) is 4.99. The van der Waals surface area contributed by atoms with Gasteiger partial charge in [0.25, 0.3) is 5.91 Å². The number of fused-ring (bicyclic) bond motifs is 1. The van der Waals surface area contributed by atoms with E-state index in [9.17, 15) is 9.18 Å². The highest BCUT2D eigenvalue weighted by Crippen LogP contribution is 2.35. The van der Waals surface area contributed by atoms with E-state index in [0.29, 0.717) is 11.6 Å². The minimum absolute atomic E-state index is 0.0511. The smallest absolute Gasteiger partial charge is 0.259 e. The maximum absolute atomic E-state index is 12.9. The zero-order chi connectivity index (χ0) is 21.0. The third-order valence-corrected chi connectivity index (χ3v) is 4.94. The first-order valence-corrected chi connectivity index (χ1v) is 9.70. The minimum Gasteiger partial charge on any atom is -0.376 e. The first kappa shape index (κ1) is 20.5. The molecule has 0 saturated carbocycles. The Bertz CT molecular complexity index is 1010. The number of hydrogen-bond donors (Lipinski definition) is 2. The molecule has 3 rings (SSSR count). The number of nitrogens with zero attached hydrogens (tertiary/aromatic N) is 1. The lowest BCUT2D eigenvalue weighted by Gasteiger charge is -2.05. The van der Waals surface area contributed by atoms with Crippen LogP contribution in [0.3, 0.4) is 0 Å². The van der Waals surface area contributed by atoms with Crippen molar-refractivity contribution in [2.24, 2.45) is 5.10 Å². The van der Waals surface area contributed by atoms with Crippen LogP contribution >= 0.6 is 0 Å². The Morgan fingerprint density at radius 2 is 1.79 bits per heavy atom. The molecule has 5 heteroatoms. The second-order valence-corrected chi connectivity index (χ2v) is 7.54. The van der Waals surface area contributed by atoms with Crippen LogP contribution in [0, 0.1) is 19.7 Å². The van der Waals surface area contributed by atoms with E-state index in [1.807, 2.05) is 0 Å². The van der Waals surface area contributed by atoms with Gasteiger partial charge in [-0.15, -0.1) is 0 Å². The predicted molar refractivity (Wildman–Crippen MR) is 117 cm³/mol. The lowest BCUT2D eigenvalue weighted by Crippen LogP contribution is -2.25. The van der Waals surface area contributed by atoms with Gasteiger partial charge >= 0.3 is 0 Å². The van der Waals surface area contributed by atoms with Gasteiger partial charge in [0.2, 0.25) is 0 Å². The van der Waals surface area contributed by atoms with Crippen molar-refractivity contribution < 1.29 is 9.18 Å². The molecule has 0 aliphatic heterocycles. The zero-order valence-electron chi connectivity index (χ0n) is 17.2. The summed E-state index contributed by atoms with van der Waals surface area (Å²) >= 11 is 0. The summed E-state index contributed by atoms with van der Waals surface area (Å²) in [5.41, 5.74) is 10.2. The Balaban J connectivity index is 1.69. The number of halogens is 1. The molecular formula is C24H26FN3O. The van der Waals surface area contributed by atoms with Crippen LogP contribution in [0.1, 0.15) is 42.0 Å². The van der Waals surface area contributed by atoms with E-state index in [1.54, 1.807) is 18.3 Å². The van der Waals surface area contributed by atoms with Crippen molar-refractivity contribution in [3.8, 4) is 11.1 Å². The Hall–Kier alpha value is -3.21. The monoisotopic (exact) mass is 391 g/mol. The highest BCUT2D eigenvalue weighted by atomic mass is 19.1. The van der Waals surface area contributed by atoms with Gasteiger partial charge in [0, 0.05) is 11.3 Å². The van der Waals surface area contributed by atoms with Gasteiger partial charge in [-0.05, 0) is 77.9 Å². The van der Waals surface area contributed by atoms with Gasteiger partial charge in [0.1, 0.15) is 5.82 Å². The van der Waals surface area contributed by atoms with Gasteiger partial charge in [0.15, 0.2) is 0 Å². The molecule has 0 spiro atoms. The van der Waals surface area contributed by atoms with Crippen molar-refractivity contribution in [3.05, 3.63) is 76.6 Å². The van der Waals surface area contributed by atoms with Crippen LogP contribution in [0.4, 0.5) is 10.1 Å². The summed E-state index contributed by atoms with van der Waals surface area (Å²) in [5, 5.41) is 7.06. The molecule has 150 valence electrons. The fourth-order valence-corrected chi connectivity index (χ4v) is 3.31. The highest BCUT2D eigenvalue weighted by molar-refractivity contribution is 5.96. The molecule has 29 heavy (non-hydrogen) atoms. The van der Waals surface area contributed by atoms with Crippen molar-refractivity contribution in [3.63, 3.8) is 0 Å². The molecule has 0 unspecified atom stereocenters. The van der Waals surface area contributed by atoms with Gasteiger partial charge in [0.05, 0.1) is 12.8 Å². The quantitative estimate of drug-likeness (QED) is 0.446. The molecule has 0 atom stereocenters. The molecule has 0 aromatic heterocycles. The molecule has 0 heterocycles. The molecule has 0 saturated heterocycles. The van der Waals surface area contributed by atoms with E-state index in [0.717, 1.165) is 11.1 Å². The fraction of sp³-hybridized carbons (Fsp3) is 0.250. The number of anilines is 1. The topological polar surface area (TPSA) is 53.5 Å². The van der Waals surface area contributed by atoms with Crippen LogP contribution in [0.2, 0.25) is 0 Å². The molecule has 1 aromatic rings. The summed E-state index contributed by atoms with van der Waals surface area (Å²) in [5.74, 6) is -0.141. The molecule has 2 N–H and O–H groups in total. The van der Waals surface area contributed by atoms with E-state index in [-0.39, 0.29) is 18.3 Å². The second kappa shape index (κ2) is 8.86. The lowest BCUT2D eigenvalue weighted by atomic mass is 10.0. The number of nitrogens with one attached hydrogen (secondary N) is 2. The van der Waals surface area contributed by atoms with Crippen molar-refractivity contribution >= 4 is 17.8 Å². The fourth-order valence-electron chi connectivity index (χ4n) is 3.31. The number of aryl methyl sites for hydroxylation is 2. The van der Waals surface area contributed by atoms with E-state index >= 15 is 0 Å². The lowest BCUT2D eigenvalue weighted by molar-refractivity contribution is -0.119.